The Kier molecular flexibility index (Phi) is 7.79. The van der Waals surface area contributed by atoms with Gasteiger partial charge in [-0.15, -0.1) is 0 Å². The fourth-order valence-electron chi connectivity index (χ4n) is 4.68. The molecule has 0 radical (unpaired) electrons. The number of halogens is 1. The van der Waals surface area contributed by atoms with Crippen molar-refractivity contribution in [2.24, 2.45) is 0 Å². The summed E-state index contributed by atoms with van der Waals surface area (Å²) in [7, 11) is 1.60. The Balaban J connectivity index is 1.62. The molecule has 2 aromatic carbocycles. The molecule has 0 bridgehead atoms. The number of ether oxygens (including phenoxy) is 2. The van der Waals surface area contributed by atoms with E-state index in [-0.39, 0.29) is 30.3 Å². The molecule has 0 spiro atoms. The fourth-order valence-corrected chi connectivity index (χ4v) is 4.81. The minimum Gasteiger partial charge on any atom is -0.497 e. The van der Waals surface area contributed by atoms with Gasteiger partial charge in [0, 0.05) is 46.8 Å². The Morgan fingerprint density at radius 1 is 1.11 bits per heavy atom. The minimum absolute atomic E-state index is 0.0282. The van der Waals surface area contributed by atoms with Gasteiger partial charge in [-0.2, -0.15) is 0 Å². The summed E-state index contributed by atoms with van der Waals surface area (Å²) >= 11 is 6.01. The molecule has 1 aliphatic rings. The lowest BCUT2D eigenvalue weighted by molar-refractivity contribution is -0.121. The first-order valence-electron chi connectivity index (χ1n) is 11.9. The van der Waals surface area contributed by atoms with Crippen LogP contribution in [0.25, 0.3) is 10.9 Å². The predicted molar refractivity (Wildman–Crippen MR) is 138 cm³/mol. The number of hydrogen-bond acceptors (Lipinski definition) is 5. The van der Waals surface area contributed by atoms with E-state index in [1.807, 2.05) is 32.0 Å². The molecule has 1 aromatic heterocycles. The molecular formula is C27H32ClN3O4. The molecular weight excluding hydrogens is 466 g/mol. The highest BCUT2D eigenvalue weighted by atomic mass is 35.5. The molecule has 4 rings (SSSR count). The number of nitrogens with one attached hydrogen (secondary N) is 1. The van der Waals surface area contributed by atoms with Crippen molar-refractivity contribution in [2.75, 3.05) is 33.4 Å². The topological polar surface area (TPSA) is 72.8 Å². The molecule has 1 fully saturated rings. The molecule has 2 heterocycles. The molecule has 7 nitrogen and oxygen atoms in total. The number of nitrogens with zero attached hydrogens (tertiary/aromatic N) is 2. The molecule has 0 saturated carbocycles. The highest BCUT2D eigenvalue weighted by Crippen LogP contribution is 2.31. The summed E-state index contributed by atoms with van der Waals surface area (Å²) in [4.78, 5) is 28.9. The summed E-state index contributed by atoms with van der Waals surface area (Å²) < 4.78 is 12.5. The van der Waals surface area contributed by atoms with Gasteiger partial charge in [0.2, 0.25) is 5.91 Å². The molecule has 8 heteroatoms. The predicted octanol–water partition coefficient (Wildman–Crippen LogP) is 4.07. The van der Waals surface area contributed by atoms with Crippen LogP contribution in [0.3, 0.4) is 0 Å². The maximum atomic E-state index is 13.5. The summed E-state index contributed by atoms with van der Waals surface area (Å²) in [5.74, 6) is 0.418. The first-order valence-corrected chi connectivity index (χ1v) is 12.3. The van der Waals surface area contributed by atoms with Crippen LogP contribution in [0.2, 0.25) is 5.02 Å². The van der Waals surface area contributed by atoms with Gasteiger partial charge in [-0.1, -0.05) is 11.6 Å². The van der Waals surface area contributed by atoms with Crippen LogP contribution in [-0.4, -0.2) is 66.8 Å². The lowest BCUT2D eigenvalue weighted by Gasteiger charge is -2.35. The van der Waals surface area contributed by atoms with Gasteiger partial charge in [0.15, 0.2) is 0 Å². The highest BCUT2D eigenvalue weighted by molar-refractivity contribution is 6.30. The number of benzene rings is 2. The molecule has 3 aromatic rings. The number of hydrogen-bond donors (Lipinski definition) is 1. The molecule has 2 unspecified atom stereocenters. The number of carbonyl (C=O) groups is 2. The number of aromatic nitrogens is 1. The van der Waals surface area contributed by atoms with Crippen LogP contribution in [0.5, 0.6) is 5.75 Å². The lowest BCUT2D eigenvalue weighted by Crippen LogP contribution is -2.52. The summed E-state index contributed by atoms with van der Waals surface area (Å²) in [5, 5.41) is 4.56. The summed E-state index contributed by atoms with van der Waals surface area (Å²) in [6, 6.07) is 12.5. The molecule has 1 saturated heterocycles. The molecule has 186 valence electrons. The number of morpholine rings is 1. The molecule has 1 amide bonds. The molecule has 1 N–H and O–H groups in total. The monoisotopic (exact) mass is 497 g/mol. The summed E-state index contributed by atoms with van der Waals surface area (Å²) in [6.07, 6.45) is 0.163. The van der Waals surface area contributed by atoms with E-state index in [0.29, 0.717) is 29.5 Å². The second-order valence-corrected chi connectivity index (χ2v) is 9.45. The van der Waals surface area contributed by atoms with Gasteiger partial charge in [-0.3, -0.25) is 19.1 Å². The first-order chi connectivity index (χ1) is 16.8. The second kappa shape index (κ2) is 10.8. The Labute approximate surface area is 210 Å². The van der Waals surface area contributed by atoms with Crippen molar-refractivity contribution >= 4 is 34.3 Å². The Bertz CT molecular complexity index is 1220. The van der Waals surface area contributed by atoms with E-state index >= 15 is 0 Å². The normalized spacial score (nSPS) is 16.1. The highest BCUT2D eigenvalue weighted by Gasteiger charge is 2.25. The second-order valence-electron chi connectivity index (χ2n) is 9.02. The van der Waals surface area contributed by atoms with Gasteiger partial charge in [0.1, 0.15) is 5.75 Å². The maximum absolute atomic E-state index is 13.5. The zero-order chi connectivity index (χ0) is 25.1. The third-order valence-corrected chi connectivity index (χ3v) is 7.16. The van der Waals surface area contributed by atoms with Crippen molar-refractivity contribution < 1.29 is 19.1 Å². The van der Waals surface area contributed by atoms with Crippen LogP contribution in [0.15, 0.2) is 42.5 Å². The zero-order valence-corrected chi connectivity index (χ0v) is 21.4. The largest absolute Gasteiger partial charge is 0.497 e. The van der Waals surface area contributed by atoms with Gasteiger partial charge in [0.05, 0.1) is 32.3 Å². The van der Waals surface area contributed by atoms with Crippen molar-refractivity contribution in [1.82, 2.24) is 14.8 Å². The zero-order valence-electron chi connectivity index (χ0n) is 20.6. The fraction of sp³-hybridized carbons (Fsp3) is 0.407. The van der Waals surface area contributed by atoms with E-state index in [0.717, 1.165) is 35.2 Å². The Hall–Kier alpha value is -2.87. The van der Waals surface area contributed by atoms with Gasteiger partial charge in [0.25, 0.3) is 5.91 Å². The Morgan fingerprint density at radius 3 is 2.46 bits per heavy atom. The van der Waals surface area contributed by atoms with Gasteiger partial charge in [-0.05, 0) is 68.8 Å². The van der Waals surface area contributed by atoms with Crippen molar-refractivity contribution in [3.63, 3.8) is 0 Å². The van der Waals surface area contributed by atoms with Crippen molar-refractivity contribution in [3.8, 4) is 5.75 Å². The van der Waals surface area contributed by atoms with Crippen molar-refractivity contribution in [2.45, 2.75) is 39.3 Å². The Morgan fingerprint density at radius 2 is 1.80 bits per heavy atom. The standard InChI is InChI=1S/C27H32ClN3O4/c1-17(18(2)30-11-13-35-14-12-30)29-26(32)16-23-19(3)31(25-10-9-22(34-4)15-24(23)25)27(33)20-5-7-21(28)8-6-20/h5-10,15,17-18H,11-14,16H2,1-4H3,(H,29,32). The van der Waals surface area contributed by atoms with Crippen LogP contribution in [-0.2, 0) is 16.0 Å². The van der Waals surface area contributed by atoms with Crippen molar-refractivity contribution in [3.05, 3.63) is 64.3 Å². The number of fused-ring (bicyclic) bond motifs is 1. The number of carbonyl (C=O) groups excluding carboxylic acids is 2. The van der Waals surface area contributed by atoms with Crippen molar-refractivity contribution in [1.29, 1.82) is 0 Å². The van der Waals surface area contributed by atoms with Gasteiger partial charge < -0.3 is 14.8 Å². The number of rotatable bonds is 7. The lowest BCUT2D eigenvalue weighted by atomic mass is 10.1. The first kappa shape index (κ1) is 25.2. The molecule has 2 atom stereocenters. The maximum Gasteiger partial charge on any atom is 0.262 e. The average molecular weight is 498 g/mol. The number of amides is 1. The molecule has 35 heavy (non-hydrogen) atoms. The summed E-state index contributed by atoms with van der Waals surface area (Å²) in [5.41, 5.74) is 2.80. The number of methoxy groups -OCH3 is 1. The van der Waals surface area contributed by atoms with Crippen LogP contribution >= 0.6 is 11.6 Å². The van der Waals surface area contributed by atoms with E-state index in [1.165, 1.54) is 0 Å². The smallest absolute Gasteiger partial charge is 0.262 e. The average Bonchev–Trinajstić information content (AvgIpc) is 3.14. The van der Waals surface area contributed by atoms with Crippen LogP contribution in [0.1, 0.15) is 35.5 Å². The van der Waals surface area contributed by atoms with Crippen LogP contribution in [0.4, 0.5) is 0 Å². The molecule has 0 aliphatic carbocycles. The van der Waals surface area contributed by atoms with E-state index in [2.05, 4.69) is 17.1 Å². The SMILES string of the molecule is COc1ccc2c(c1)c(CC(=O)NC(C)C(C)N1CCOCC1)c(C)n2C(=O)c1ccc(Cl)cc1. The van der Waals surface area contributed by atoms with Gasteiger partial charge in [-0.25, -0.2) is 0 Å². The van der Waals surface area contributed by atoms with Crippen LogP contribution < -0.4 is 10.1 Å². The van der Waals surface area contributed by atoms with E-state index in [1.54, 1.807) is 35.9 Å². The van der Waals surface area contributed by atoms with Crippen LogP contribution in [0, 0.1) is 6.92 Å². The minimum atomic E-state index is -0.171. The third-order valence-electron chi connectivity index (χ3n) is 6.91. The molecule has 1 aliphatic heterocycles. The van der Waals surface area contributed by atoms with Gasteiger partial charge >= 0.3 is 0 Å². The third kappa shape index (κ3) is 5.37. The van der Waals surface area contributed by atoms with E-state index in [9.17, 15) is 9.59 Å². The quantitative estimate of drug-likeness (QED) is 0.532. The summed E-state index contributed by atoms with van der Waals surface area (Å²) in [6.45, 7) is 9.19. The van der Waals surface area contributed by atoms with E-state index < -0.39 is 0 Å². The van der Waals surface area contributed by atoms with E-state index in [4.69, 9.17) is 21.1 Å².